The number of carbonyl (C=O) groups excluding carboxylic acids is 1. The van der Waals surface area contributed by atoms with E-state index in [2.05, 4.69) is 0 Å². The van der Waals surface area contributed by atoms with Crippen LogP contribution in [-0.2, 0) is 6.54 Å². The van der Waals surface area contributed by atoms with Crippen LogP contribution in [0.2, 0.25) is 4.34 Å². The van der Waals surface area contributed by atoms with Crippen LogP contribution in [-0.4, -0.2) is 17.4 Å². The highest BCUT2D eigenvalue weighted by molar-refractivity contribution is 7.16. The molecule has 0 unspecified atom stereocenters. The van der Waals surface area contributed by atoms with E-state index in [-0.39, 0.29) is 5.91 Å². The fourth-order valence-electron chi connectivity index (χ4n) is 1.76. The van der Waals surface area contributed by atoms with Gasteiger partial charge in [0.25, 0.3) is 5.91 Å². The van der Waals surface area contributed by atoms with Gasteiger partial charge in [-0.1, -0.05) is 11.6 Å². The fourth-order valence-corrected chi connectivity index (χ4v) is 2.86. The molecule has 3 nitrogen and oxygen atoms in total. The summed E-state index contributed by atoms with van der Waals surface area (Å²) in [5, 5.41) is 0. The van der Waals surface area contributed by atoms with Crippen molar-refractivity contribution in [1.29, 1.82) is 0 Å². The van der Waals surface area contributed by atoms with Gasteiger partial charge in [0.1, 0.15) is 0 Å². The molecule has 0 aliphatic rings. The Labute approximate surface area is 121 Å². The van der Waals surface area contributed by atoms with Gasteiger partial charge in [-0.15, -0.1) is 11.3 Å². The van der Waals surface area contributed by atoms with Gasteiger partial charge in [-0.25, -0.2) is 0 Å². The first-order valence-electron chi connectivity index (χ1n) is 5.99. The van der Waals surface area contributed by atoms with E-state index in [1.807, 2.05) is 19.1 Å². The van der Waals surface area contributed by atoms with Crippen LogP contribution in [0.5, 0.6) is 0 Å². The molecule has 0 bridgehead atoms. The molecule has 0 spiro atoms. The topological polar surface area (TPSA) is 46.3 Å². The van der Waals surface area contributed by atoms with Crippen molar-refractivity contribution in [2.24, 2.45) is 0 Å². The number of benzene rings is 1. The van der Waals surface area contributed by atoms with Gasteiger partial charge in [0.2, 0.25) is 0 Å². The van der Waals surface area contributed by atoms with E-state index in [0.717, 1.165) is 9.21 Å². The van der Waals surface area contributed by atoms with Crippen molar-refractivity contribution >= 4 is 34.5 Å². The number of thiophene rings is 1. The number of hydrogen-bond acceptors (Lipinski definition) is 3. The highest BCUT2D eigenvalue weighted by Gasteiger charge is 2.15. The Morgan fingerprint density at radius 1 is 1.26 bits per heavy atom. The molecule has 0 radical (unpaired) electrons. The third kappa shape index (κ3) is 3.49. The minimum Gasteiger partial charge on any atom is -0.399 e. The first kappa shape index (κ1) is 13.9. The van der Waals surface area contributed by atoms with Crippen LogP contribution in [0.15, 0.2) is 36.4 Å². The summed E-state index contributed by atoms with van der Waals surface area (Å²) in [7, 11) is 0. The second-order valence-electron chi connectivity index (χ2n) is 4.15. The SMILES string of the molecule is CCN(Cc1ccc(Cl)s1)C(=O)c1ccc(N)cc1. The number of halogens is 1. The number of nitrogens with zero attached hydrogens (tertiary/aromatic N) is 1. The van der Waals surface area contributed by atoms with E-state index < -0.39 is 0 Å². The summed E-state index contributed by atoms with van der Waals surface area (Å²) in [6, 6.07) is 10.8. The summed E-state index contributed by atoms with van der Waals surface area (Å²) in [5.41, 5.74) is 6.93. The zero-order valence-corrected chi connectivity index (χ0v) is 12.2. The maximum Gasteiger partial charge on any atom is 0.254 e. The highest BCUT2D eigenvalue weighted by atomic mass is 35.5. The highest BCUT2D eigenvalue weighted by Crippen LogP contribution is 2.23. The molecule has 0 aliphatic carbocycles. The van der Waals surface area contributed by atoms with Gasteiger partial charge >= 0.3 is 0 Å². The number of rotatable bonds is 4. The molecule has 2 rings (SSSR count). The van der Waals surface area contributed by atoms with Gasteiger partial charge in [-0.2, -0.15) is 0 Å². The lowest BCUT2D eigenvalue weighted by molar-refractivity contribution is 0.0754. The van der Waals surface area contributed by atoms with E-state index in [1.54, 1.807) is 29.2 Å². The van der Waals surface area contributed by atoms with Crippen LogP contribution in [0.25, 0.3) is 0 Å². The van der Waals surface area contributed by atoms with E-state index in [0.29, 0.717) is 24.3 Å². The Bertz CT molecular complexity index is 565. The number of nitrogen functional groups attached to an aromatic ring is 1. The van der Waals surface area contributed by atoms with Gasteiger partial charge in [0.15, 0.2) is 0 Å². The van der Waals surface area contributed by atoms with E-state index in [4.69, 9.17) is 17.3 Å². The standard InChI is InChI=1S/C14H15ClN2OS/c1-2-17(9-12-7-8-13(15)19-12)14(18)10-3-5-11(16)6-4-10/h3-8H,2,9,16H2,1H3. The lowest BCUT2D eigenvalue weighted by Crippen LogP contribution is -2.29. The molecule has 2 aromatic rings. The fraction of sp³-hybridized carbons (Fsp3) is 0.214. The molecule has 0 aliphatic heterocycles. The van der Waals surface area contributed by atoms with Crippen molar-refractivity contribution in [2.45, 2.75) is 13.5 Å². The first-order chi connectivity index (χ1) is 9.10. The Morgan fingerprint density at radius 2 is 1.95 bits per heavy atom. The van der Waals surface area contributed by atoms with Gasteiger partial charge in [0, 0.05) is 22.7 Å². The molecule has 0 saturated heterocycles. The molecule has 1 aromatic carbocycles. The average Bonchev–Trinajstić information content (AvgIpc) is 2.81. The molecular weight excluding hydrogens is 280 g/mol. The smallest absolute Gasteiger partial charge is 0.254 e. The lowest BCUT2D eigenvalue weighted by atomic mass is 10.2. The van der Waals surface area contributed by atoms with Gasteiger partial charge in [0.05, 0.1) is 10.9 Å². The van der Waals surface area contributed by atoms with Crippen molar-refractivity contribution in [3.8, 4) is 0 Å². The molecular formula is C14H15ClN2OS. The molecule has 5 heteroatoms. The number of hydrogen-bond donors (Lipinski definition) is 1. The van der Waals surface area contributed by atoms with E-state index in [1.165, 1.54) is 11.3 Å². The van der Waals surface area contributed by atoms with Crippen LogP contribution in [0.4, 0.5) is 5.69 Å². The summed E-state index contributed by atoms with van der Waals surface area (Å²) in [6.45, 7) is 3.19. The van der Waals surface area contributed by atoms with Gasteiger partial charge in [-0.05, 0) is 43.3 Å². The summed E-state index contributed by atoms with van der Waals surface area (Å²) in [6.07, 6.45) is 0. The third-order valence-corrected chi connectivity index (χ3v) is 4.02. The average molecular weight is 295 g/mol. The Hall–Kier alpha value is -1.52. The second kappa shape index (κ2) is 6.08. The first-order valence-corrected chi connectivity index (χ1v) is 7.18. The van der Waals surface area contributed by atoms with Crippen LogP contribution >= 0.6 is 22.9 Å². The van der Waals surface area contributed by atoms with Crippen molar-refractivity contribution in [3.05, 3.63) is 51.2 Å². The molecule has 1 amide bonds. The predicted octanol–water partition coefficient (Wildman–Crippen LogP) is 3.65. The van der Waals surface area contributed by atoms with E-state index in [9.17, 15) is 4.79 Å². The van der Waals surface area contributed by atoms with Gasteiger partial charge in [-0.3, -0.25) is 4.79 Å². The normalized spacial score (nSPS) is 10.4. The second-order valence-corrected chi connectivity index (χ2v) is 5.95. The molecule has 19 heavy (non-hydrogen) atoms. The predicted molar refractivity (Wildman–Crippen MR) is 80.6 cm³/mol. The number of anilines is 1. The summed E-state index contributed by atoms with van der Waals surface area (Å²) >= 11 is 7.40. The minimum absolute atomic E-state index is 0.00650. The minimum atomic E-state index is 0.00650. The Morgan fingerprint density at radius 3 is 2.47 bits per heavy atom. The molecule has 0 saturated carbocycles. The maximum atomic E-state index is 12.4. The van der Waals surface area contributed by atoms with Crippen molar-refractivity contribution < 1.29 is 4.79 Å². The van der Waals surface area contributed by atoms with Crippen LogP contribution in [0, 0.1) is 0 Å². The van der Waals surface area contributed by atoms with Crippen LogP contribution < -0.4 is 5.73 Å². The molecule has 0 fully saturated rings. The Kier molecular flexibility index (Phi) is 4.45. The van der Waals surface area contributed by atoms with Crippen LogP contribution in [0.3, 0.4) is 0 Å². The summed E-state index contributed by atoms with van der Waals surface area (Å²) in [4.78, 5) is 15.2. The van der Waals surface area contributed by atoms with Crippen molar-refractivity contribution in [1.82, 2.24) is 4.90 Å². The molecule has 2 N–H and O–H groups in total. The largest absolute Gasteiger partial charge is 0.399 e. The summed E-state index contributed by atoms with van der Waals surface area (Å²) < 4.78 is 0.742. The lowest BCUT2D eigenvalue weighted by Gasteiger charge is -2.20. The van der Waals surface area contributed by atoms with E-state index >= 15 is 0 Å². The number of nitrogens with two attached hydrogens (primary N) is 1. The molecule has 1 aromatic heterocycles. The summed E-state index contributed by atoms with van der Waals surface area (Å²) in [5.74, 6) is 0.00650. The quantitative estimate of drug-likeness (QED) is 0.875. The van der Waals surface area contributed by atoms with Gasteiger partial charge < -0.3 is 10.6 Å². The zero-order valence-electron chi connectivity index (χ0n) is 10.6. The molecule has 1 heterocycles. The van der Waals surface area contributed by atoms with Crippen molar-refractivity contribution in [2.75, 3.05) is 12.3 Å². The van der Waals surface area contributed by atoms with Crippen LogP contribution in [0.1, 0.15) is 22.2 Å². The molecule has 100 valence electrons. The number of carbonyl (C=O) groups is 1. The third-order valence-electron chi connectivity index (χ3n) is 2.80. The number of amides is 1. The monoisotopic (exact) mass is 294 g/mol. The Balaban J connectivity index is 2.12. The zero-order chi connectivity index (χ0) is 13.8. The molecule has 0 atom stereocenters. The maximum absolute atomic E-state index is 12.4. The van der Waals surface area contributed by atoms with Crippen molar-refractivity contribution in [3.63, 3.8) is 0 Å².